The predicted molar refractivity (Wildman–Crippen MR) is 65.8 cm³/mol. The van der Waals surface area contributed by atoms with E-state index in [0.29, 0.717) is 0 Å². The van der Waals surface area contributed by atoms with Crippen LogP contribution in [0.5, 0.6) is 0 Å². The first kappa shape index (κ1) is 15.9. The number of nitrogens with zero attached hydrogens (tertiary/aromatic N) is 2. The zero-order valence-corrected chi connectivity index (χ0v) is 10.8. The minimum absolute atomic E-state index is 0. The topological polar surface area (TPSA) is 73.4 Å². The summed E-state index contributed by atoms with van der Waals surface area (Å²) in [6.07, 6.45) is 3.54. The van der Waals surface area contributed by atoms with Crippen LogP contribution in [0.2, 0.25) is 0 Å². The SMILES string of the molecule is [NH-]CC[NH-].[Pd+2].c1ccc(-c2ccccn2)nc1. The normalized spacial score (nSPS) is 8.59. The smallest absolute Gasteiger partial charge is 0.679 e. The van der Waals surface area contributed by atoms with Crippen LogP contribution in [0.25, 0.3) is 22.9 Å². The van der Waals surface area contributed by atoms with Gasteiger partial charge in [0.2, 0.25) is 0 Å². The number of hydrogen-bond acceptors (Lipinski definition) is 2. The van der Waals surface area contributed by atoms with Crippen LogP contribution in [-0.2, 0) is 20.4 Å². The molecule has 0 saturated carbocycles. The molecular formula is C12H14N4Pd. The number of aromatic nitrogens is 2. The molecule has 0 saturated heterocycles. The Morgan fingerprint density at radius 2 is 1.18 bits per heavy atom. The third-order valence-corrected chi connectivity index (χ3v) is 1.72. The summed E-state index contributed by atoms with van der Waals surface area (Å²) < 4.78 is 0. The molecule has 4 nitrogen and oxygen atoms in total. The number of nitrogens with one attached hydrogen (secondary N) is 2. The summed E-state index contributed by atoms with van der Waals surface area (Å²) in [6.45, 7) is 0.472. The molecule has 0 fully saturated rings. The van der Waals surface area contributed by atoms with E-state index in [1.807, 2.05) is 36.4 Å². The fourth-order valence-corrected chi connectivity index (χ4v) is 1.03. The average Bonchev–Trinajstić information content (AvgIpc) is 2.41. The maximum Gasteiger partial charge on any atom is 2.00 e. The summed E-state index contributed by atoms with van der Waals surface area (Å²) in [7, 11) is 0. The van der Waals surface area contributed by atoms with E-state index in [4.69, 9.17) is 11.5 Å². The second-order valence-corrected chi connectivity index (χ2v) is 2.93. The third kappa shape index (κ3) is 6.25. The van der Waals surface area contributed by atoms with Gasteiger partial charge in [-0.3, -0.25) is 9.97 Å². The number of rotatable bonds is 2. The van der Waals surface area contributed by atoms with Gasteiger partial charge in [-0.2, -0.15) is 13.1 Å². The maximum absolute atomic E-state index is 6.26. The molecule has 0 atom stereocenters. The van der Waals surface area contributed by atoms with Crippen LogP contribution < -0.4 is 0 Å². The first-order valence-corrected chi connectivity index (χ1v) is 5.00. The second kappa shape index (κ2) is 10.1. The summed E-state index contributed by atoms with van der Waals surface area (Å²) in [4.78, 5) is 8.37. The molecule has 0 radical (unpaired) electrons. The second-order valence-electron chi connectivity index (χ2n) is 2.93. The van der Waals surface area contributed by atoms with Crippen molar-refractivity contribution in [3.05, 3.63) is 60.3 Å². The predicted octanol–water partition coefficient (Wildman–Crippen LogP) is 3.23. The molecule has 92 valence electrons. The van der Waals surface area contributed by atoms with Crippen LogP contribution in [0, 0.1) is 0 Å². The number of hydrogen-bond donors (Lipinski definition) is 0. The quantitative estimate of drug-likeness (QED) is 0.797. The van der Waals surface area contributed by atoms with Crippen molar-refractivity contribution in [2.24, 2.45) is 0 Å². The standard InChI is InChI=1S/C10H8N2.C2H6N2.Pd/c1-3-7-11-9(5-1)10-6-2-4-8-12-10;3-1-2-4;/h1-8H;3-4H,1-2H2;/q;-2;+2. The molecule has 0 amide bonds. The van der Waals surface area contributed by atoms with E-state index in [-0.39, 0.29) is 33.5 Å². The van der Waals surface area contributed by atoms with Crippen LogP contribution in [0.4, 0.5) is 0 Å². The van der Waals surface area contributed by atoms with Gasteiger partial charge in [0.15, 0.2) is 0 Å². The first-order valence-electron chi connectivity index (χ1n) is 5.00. The van der Waals surface area contributed by atoms with Crippen molar-refractivity contribution in [1.29, 1.82) is 0 Å². The fraction of sp³-hybridized carbons (Fsp3) is 0.167. The summed E-state index contributed by atoms with van der Waals surface area (Å²) in [5, 5.41) is 0. The van der Waals surface area contributed by atoms with Crippen LogP contribution in [0.1, 0.15) is 0 Å². The molecule has 0 aliphatic heterocycles. The van der Waals surface area contributed by atoms with E-state index in [2.05, 4.69) is 9.97 Å². The zero-order chi connectivity index (χ0) is 11.6. The van der Waals surface area contributed by atoms with Gasteiger partial charge < -0.3 is 11.5 Å². The molecule has 5 heteroatoms. The molecule has 2 N–H and O–H groups in total. The Bertz CT molecular complexity index is 341. The third-order valence-electron chi connectivity index (χ3n) is 1.72. The van der Waals surface area contributed by atoms with Gasteiger partial charge in [-0.15, -0.1) is 0 Å². The van der Waals surface area contributed by atoms with E-state index >= 15 is 0 Å². The molecule has 17 heavy (non-hydrogen) atoms. The largest absolute Gasteiger partial charge is 2.00 e. The van der Waals surface area contributed by atoms with Gasteiger partial charge in [0.25, 0.3) is 0 Å². The van der Waals surface area contributed by atoms with Gasteiger partial charge in [-0.1, -0.05) is 12.1 Å². The van der Waals surface area contributed by atoms with Crippen LogP contribution >= 0.6 is 0 Å². The van der Waals surface area contributed by atoms with Crippen molar-refractivity contribution in [3.8, 4) is 11.4 Å². The van der Waals surface area contributed by atoms with Crippen LogP contribution in [-0.4, -0.2) is 23.1 Å². The Balaban J connectivity index is 0.000000453. The van der Waals surface area contributed by atoms with Gasteiger partial charge in [0.05, 0.1) is 11.4 Å². The van der Waals surface area contributed by atoms with Crippen molar-refractivity contribution in [3.63, 3.8) is 0 Å². The molecule has 2 rings (SSSR count). The van der Waals surface area contributed by atoms with Crippen molar-refractivity contribution < 1.29 is 20.4 Å². The Hall–Kier alpha value is -1.12. The van der Waals surface area contributed by atoms with Crippen molar-refractivity contribution in [2.75, 3.05) is 13.1 Å². The van der Waals surface area contributed by atoms with Gasteiger partial charge in [0.1, 0.15) is 0 Å². The minimum Gasteiger partial charge on any atom is -0.679 e. The Labute approximate surface area is 115 Å². The van der Waals surface area contributed by atoms with Crippen LogP contribution in [0.3, 0.4) is 0 Å². The molecule has 0 unspecified atom stereocenters. The molecular weight excluding hydrogens is 307 g/mol. The van der Waals surface area contributed by atoms with Gasteiger partial charge in [-0.25, -0.2) is 0 Å². The molecule has 0 bridgehead atoms. The molecule has 0 spiro atoms. The molecule has 2 heterocycles. The fourth-order valence-electron chi connectivity index (χ4n) is 1.03. The summed E-state index contributed by atoms with van der Waals surface area (Å²) in [5.74, 6) is 0. The monoisotopic (exact) mass is 320 g/mol. The van der Waals surface area contributed by atoms with E-state index in [9.17, 15) is 0 Å². The van der Waals surface area contributed by atoms with Crippen molar-refractivity contribution >= 4 is 0 Å². The molecule has 2 aromatic rings. The molecule has 0 aromatic carbocycles. The summed E-state index contributed by atoms with van der Waals surface area (Å²) in [6, 6.07) is 11.6. The maximum atomic E-state index is 6.26. The summed E-state index contributed by atoms with van der Waals surface area (Å²) >= 11 is 0. The van der Waals surface area contributed by atoms with Gasteiger partial charge >= 0.3 is 20.4 Å². The number of pyridine rings is 2. The van der Waals surface area contributed by atoms with E-state index in [0.717, 1.165) is 11.4 Å². The minimum atomic E-state index is 0. The van der Waals surface area contributed by atoms with E-state index < -0.39 is 0 Å². The molecule has 0 aliphatic carbocycles. The van der Waals surface area contributed by atoms with Crippen molar-refractivity contribution in [2.45, 2.75) is 0 Å². The summed E-state index contributed by atoms with van der Waals surface area (Å²) in [5.41, 5.74) is 14.4. The Morgan fingerprint density at radius 1 is 0.765 bits per heavy atom. The van der Waals surface area contributed by atoms with E-state index in [1.165, 1.54) is 0 Å². The average molecular weight is 321 g/mol. The van der Waals surface area contributed by atoms with Gasteiger partial charge in [0, 0.05) is 12.4 Å². The molecule has 2 aromatic heterocycles. The first-order chi connectivity index (χ1) is 7.88. The molecule has 0 aliphatic rings. The van der Waals surface area contributed by atoms with Crippen LogP contribution in [0.15, 0.2) is 48.8 Å². The Kier molecular flexibility index (Phi) is 9.40. The van der Waals surface area contributed by atoms with Gasteiger partial charge in [-0.05, 0) is 24.3 Å². The zero-order valence-electron chi connectivity index (χ0n) is 9.24. The van der Waals surface area contributed by atoms with E-state index in [1.54, 1.807) is 12.4 Å². The Morgan fingerprint density at radius 3 is 1.41 bits per heavy atom. The van der Waals surface area contributed by atoms with Crippen molar-refractivity contribution in [1.82, 2.24) is 9.97 Å².